The van der Waals surface area contributed by atoms with Crippen LogP contribution in [0.3, 0.4) is 0 Å². The van der Waals surface area contributed by atoms with Crippen LogP contribution in [0.1, 0.15) is 46.1 Å². The van der Waals surface area contributed by atoms with Crippen LogP contribution in [0.2, 0.25) is 0 Å². The van der Waals surface area contributed by atoms with Crippen molar-refractivity contribution < 1.29 is 0 Å². The lowest BCUT2D eigenvalue weighted by atomic mass is 10.1. The van der Waals surface area contributed by atoms with Gasteiger partial charge in [-0.3, -0.25) is 4.68 Å². The molecule has 3 nitrogen and oxygen atoms in total. The molecule has 1 aromatic heterocycles. The maximum Gasteiger partial charge on any atom is 0.0534 e. The van der Waals surface area contributed by atoms with Crippen LogP contribution in [-0.4, -0.2) is 15.8 Å². The lowest BCUT2D eigenvalue weighted by molar-refractivity contribution is 0.420. The van der Waals surface area contributed by atoms with Gasteiger partial charge in [-0.2, -0.15) is 5.10 Å². The summed E-state index contributed by atoms with van der Waals surface area (Å²) in [6.45, 7) is 10.8. The maximum atomic E-state index is 4.39. The fourth-order valence-corrected chi connectivity index (χ4v) is 1.82. The Bertz CT molecular complexity index is 291. The summed E-state index contributed by atoms with van der Waals surface area (Å²) in [5.74, 6) is 0.718. The molecule has 92 valence electrons. The van der Waals surface area contributed by atoms with E-state index >= 15 is 0 Å². The Morgan fingerprint density at radius 3 is 2.75 bits per heavy atom. The summed E-state index contributed by atoms with van der Waals surface area (Å²) in [6, 6.07) is 0.530. The molecule has 0 aliphatic heterocycles. The van der Waals surface area contributed by atoms with E-state index in [2.05, 4.69) is 49.0 Å². The van der Waals surface area contributed by atoms with E-state index in [1.165, 1.54) is 18.4 Å². The second-order valence-electron chi connectivity index (χ2n) is 5.00. The Morgan fingerprint density at radius 1 is 1.38 bits per heavy atom. The van der Waals surface area contributed by atoms with Crippen molar-refractivity contribution in [3.8, 4) is 0 Å². The minimum atomic E-state index is 0.530. The molecule has 0 saturated carbocycles. The summed E-state index contributed by atoms with van der Waals surface area (Å²) < 4.78 is 2.07. The molecule has 1 atom stereocenters. The minimum absolute atomic E-state index is 0.530. The molecule has 0 aliphatic carbocycles. The Morgan fingerprint density at radius 2 is 2.12 bits per heavy atom. The van der Waals surface area contributed by atoms with E-state index in [9.17, 15) is 0 Å². The first-order valence-corrected chi connectivity index (χ1v) is 6.36. The van der Waals surface area contributed by atoms with Gasteiger partial charge >= 0.3 is 0 Å². The monoisotopic (exact) mass is 223 g/mol. The van der Waals surface area contributed by atoms with Crippen molar-refractivity contribution in [3.05, 3.63) is 18.0 Å². The van der Waals surface area contributed by atoms with Gasteiger partial charge in [-0.25, -0.2) is 0 Å². The quantitative estimate of drug-likeness (QED) is 0.770. The topological polar surface area (TPSA) is 29.9 Å². The van der Waals surface area contributed by atoms with E-state index in [-0.39, 0.29) is 0 Å². The van der Waals surface area contributed by atoms with Crippen molar-refractivity contribution in [2.24, 2.45) is 5.92 Å². The number of hydrogen-bond acceptors (Lipinski definition) is 2. The van der Waals surface area contributed by atoms with E-state index in [1.807, 2.05) is 6.20 Å². The van der Waals surface area contributed by atoms with Crippen molar-refractivity contribution in [1.29, 1.82) is 0 Å². The van der Waals surface area contributed by atoms with Crippen molar-refractivity contribution in [2.75, 3.05) is 0 Å². The average Bonchev–Trinajstić information content (AvgIpc) is 2.63. The lowest BCUT2D eigenvalue weighted by Gasteiger charge is -2.09. The number of hydrogen-bond donors (Lipinski definition) is 1. The smallest absolute Gasteiger partial charge is 0.0534 e. The molecule has 1 unspecified atom stereocenters. The highest BCUT2D eigenvalue weighted by Gasteiger charge is 2.04. The maximum absolute atomic E-state index is 4.39. The molecule has 1 heterocycles. The highest BCUT2D eigenvalue weighted by atomic mass is 15.3. The largest absolute Gasteiger partial charge is 0.310 e. The number of rotatable bonds is 7. The SMILES string of the molecule is CCCC(C)Cn1cc(CNC(C)C)cn1. The molecule has 0 saturated heterocycles. The van der Waals surface area contributed by atoms with Gasteiger partial charge in [-0.15, -0.1) is 0 Å². The van der Waals surface area contributed by atoms with E-state index in [0.29, 0.717) is 6.04 Å². The summed E-state index contributed by atoms with van der Waals surface area (Å²) >= 11 is 0. The molecule has 0 bridgehead atoms. The summed E-state index contributed by atoms with van der Waals surface area (Å²) in [7, 11) is 0. The third-order valence-corrected chi connectivity index (χ3v) is 2.68. The molecular formula is C13H25N3. The van der Waals surface area contributed by atoms with Crippen molar-refractivity contribution >= 4 is 0 Å². The minimum Gasteiger partial charge on any atom is -0.310 e. The molecule has 1 rings (SSSR count). The zero-order chi connectivity index (χ0) is 12.0. The fraction of sp³-hybridized carbons (Fsp3) is 0.769. The fourth-order valence-electron chi connectivity index (χ4n) is 1.82. The predicted molar refractivity (Wildman–Crippen MR) is 68.3 cm³/mol. The Labute approximate surface area is 99.2 Å². The molecule has 3 heteroatoms. The van der Waals surface area contributed by atoms with E-state index in [4.69, 9.17) is 0 Å². The van der Waals surface area contributed by atoms with Crippen LogP contribution < -0.4 is 5.32 Å². The van der Waals surface area contributed by atoms with Crippen LogP contribution in [0.15, 0.2) is 12.4 Å². The third-order valence-electron chi connectivity index (χ3n) is 2.68. The zero-order valence-corrected chi connectivity index (χ0v) is 11.0. The molecule has 1 N–H and O–H groups in total. The molecule has 0 amide bonds. The summed E-state index contributed by atoms with van der Waals surface area (Å²) in [6.07, 6.45) is 6.65. The standard InChI is InChI=1S/C13H25N3/c1-5-6-12(4)9-16-10-13(8-15-16)7-14-11(2)3/h8,10-12,14H,5-7,9H2,1-4H3. The van der Waals surface area contributed by atoms with Gasteiger partial charge < -0.3 is 5.32 Å². The van der Waals surface area contributed by atoms with Gasteiger partial charge in [0.05, 0.1) is 6.20 Å². The highest BCUT2D eigenvalue weighted by molar-refractivity contribution is 5.03. The third kappa shape index (κ3) is 4.79. The van der Waals surface area contributed by atoms with Gasteiger partial charge in [0.1, 0.15) is 0 Å². The van der Waals surface area contributed by atoms with Crippen LogP contribution in [0.4, 0.5) is 0 Å². The first-order valence-electron chi connectivity index (χ1n) is 6.36. The summed E-state index contributed by atoms with van der Waals surface area (Å²) in [5.41, 5.74) is 1.28. The van der Waals surface area contributed by atoms with Crippen LogP contribution >= 0.6 is 0 Å². The molecular weight excluding hydrogens is 198 g/mol. The van der Waals surface area contributed by atoms with Crippen LogP contribution in [0, 0.1) is 5.92 Å². The average molecular weight is 223 g/mol. The Hall–Kier alpha value is -0.830. The van der Waals surface area contributed by atoms with Gasteiger partial charge in [-0.05, 0) is 12.3 Å². The first-order chi connectivity index (χ1) is 7.61. The number of nitrogens with zero attached hydrogens (tertiary/aromatic N) is 2. The molecule has 0 aromatic carbocycles. The van der Waals surface area contributed by atoms with Crippen LogP contribution in [0.25, 0.3) is 0 Å². The molecule has 0 fully saturated rings. The Kier molecular flexibility index (Phi) is 5.53. The van der Waals surface area contributed by atoms with Crippen molar-refractivity contribution in [3.63, 3.8) is 0 Å². The van der Waals surface area contributed by atoms with Crippen LogP contribution in [0.5, 0.6) is 0 Å². The highest BCUT2D eigenvalue weighted by Crippen LogP contribution is 2.08. The molecule has 0 spiro atoms. The molecule has 1 aromatic rings. The number of nitrogens with one attached hydrogen (secondary N) is 1. The van der Waals surface area contributed by atoms with Gasteiger partial charge in [-0.1, -0.05) is 34.1 Å². The molecule has 0 aliphatic rings. The van der Waals surface area contributed by atoms with Crippen molar-refractivity contribution in [1.82, 2.24) is 15.1 Å². The van der Waals surface area contributed by atoms with Gasteiger partial charge in [0.2, 0.25) is 0 Å². The van der Waals surface area contributed by atoms with E-state index in [1.54, 1.807) is 0 Å². The van der Waals surface area contributed by atoms with Crippen molar-refractivity contribution in [2.45, 2.75) is 59.7 Å². The zero-order valence-electron chi connectivity index (χ0n) is 11.0. The van der Waals surface area contributed by atoms with Gasteiger partial charge in [0, 0.05) is 30.9 Å². The van der Waals surface area contributed by atoms with E-state index in [0.717, 1.165) is 19.0 Å². The second kappa shape index (κ2) is 6.69. The molecule has 16 heavy (non-hydrogen) atoms. The normalized spacial score (nSPS) is 13.3. The molecule has 0 radical (unpaired) electrons. The Balaban J connectivity index is 2.39. The van der Waals surface area contributed by atoms with Crippen LogP contribution in [-0.2, 0) is 13.1 Å². The first kappa shape index (κ1) is 13.2. The lowest BCUT2D eigenvalue weighted by Crippen LogP contribution is -2.21. The second-order valence-corrected chi connectivity index (χ2v) is 5.00. The van der Waals surface area contributed by atoms with E-state index < -0.39 is 0 Å². The summed E-state index contributed by atoms with van der Waals surface area (Å²) in [4.78, 5) is 0. The number of aromatic nitrogens is 2. The predicted octanol–water partition coefficient (Wildman–Crippen LogP) is 2.82. The van der Waals surface area contributed by atoms with Gasteiger partial charge in [0.25, 0.3) is 0 Å². The summed E-state index contributed by atoms with van der Waals surface area (Å²) in [5, 5.41) is 7.79. The van der Waals surface area contributed by atoms with Gasteiger partial charge in [0.15, 0.2) is 0 Å².